The van der Waals surface area contributed by atoms with Crippen molar-refractivity contribution in [3.63, 3.8) is 0 Å². The predicted octanol–water partition coefficient (Wildman–Crippen LogP) is 1.59. The first-order valence-electron chi connectivity index (χ1n) is 8.42. The Morgan fingerprint density at radius 3 is 2.50 bits per heavy atom. The Morgan fingerprint density at radius 2 is 1.88 bits per heavy atom. The molecule has 9 heteroatoms. The molecule has 0 saturated heterocycles. The van der Waals surface area contributed by atoms with Gasteiger partial charge in [0.1, 0.15) is 5.82 Å². The summed E-state index contributed by atoms with van der Waals surface area (Å²) >= 11 is 0. The number of hydrogen-bond donors (Lipinski definition) is 2. The second kappa shape index (κ2) is 8.59. The highest BCUT2D eigenvalue weighted by atomic mass is 32.2. The zero-order chi connectivity index (χ0) is 19.3. The molecule has 1 aliphatic rings. The van der Waals surface area contributed by atoms with Gasteiger partial charge in [-0.1, -0.05) is 6.92 Å². The van der Waals surface area contributed by atoms with Crippen molar-refractivity contribution in [1.29, 1.82) is 0 Å². The van der Waals surface area contributed by atoms with Crippen LogP contribution in [0.1, 0.15) is 43.0 Å². The highest BCUT2D eigenvalue weighted by molar-refractivity contribution is 7.89. The van der Waals surface area contributed by atoms with E-state index in [0.29, 0.717) is 5.92 Å². The third kappa shape index (κ3) is 5.25. The molecule has 26 heavy (non-hydrogen) atoms. The van der Waals surface area contributed by atoms with E-state index in [1.54, 1.807) is 0 Å². The van der Waals surface area contributed by atoms with Gasteiger partial charge in [-0.15, -0.1) is 0 Å². The highest BCUT2D eigenvalue weighted by Crippen LogP contribution is 2.23. The maximum Gasteiger partial charge on any atom is 0.341 e. The smallest absolute Gasteiger partial charge is 0.341 e. The van der Waals surface area contributed by atoms with Crippen LogP contribution in [0.15, 0.2) is 23.1 Å². The van der Waals surface area contributed by atoms with E-state index in [-0.39, 0.29) is 10.9 Å². The molecular formula is C17H23FN2O5S. The highest BCUT2D eigenvalue weighted by Gasteiger charge is 2.22. The lowest BCUT2D eigenvalue weighted by Gasteiger charge is -2.26. The van der Waals surface area contributed by atoms with Gasteiger partial charge in [0.05, 0.1) is 10.5 Å². The first kappa shape index (κ1) is 20.3. The summed E-state index contributed by atoms with van der Waals surface area (Å²) in [6.07, 6.45) is 3.81. The van der Waals surface area contributed by atoms with E-state index in [0.717, 1.165) is 43.9 Å². The van der Waals surface area contributed by atoms with Crippen molar-refractivity contribution in [2.24, 2.45) is 5.92 Å². The van der Waals surface area contributed by atoms with Crippen LogP contribution in [0.2, 0.25) is 0 Å². The molecule has 2 N–H and O–H groups in total. The van der Waals surface area contributed by atoms with Gasteiger partial charge in [-0.2, -0.15) is 0 Å². The normalized spacial score (nSPS) is 20.4. The van der Waals surface area contributed by atoms with Crippen LogP contribution in [-0.4, -0.2) is 40.0 Å². The lowest BCUT2D eigenvalue weighted by molar-refractivity contribution is -0.125. The van der Waals surface area contributed by atoms with Crippen LogP contribution in [0.25, 0.3) is 0 Å². The Hall–Kier alpha value is -2.00. The van der Waals surface area contributed by atoms with Crippen LogP contribution in [0, 0.1) is 11.7 Å². The van der Waals surface area contributed by atoms with E-state index in [1.165, 1.54) is 7.05 Å². The van der Waals surface area contributed by atoms with E-state index in [4.69, 9.17) is 4.74 Å². The van der Waals surface area contributed by atoms with Crippen LogP contribution in [0.4, 0.5) is 4.39 Å². The number of halogens is 1. The fraction of sp³-hybridized carbons (Fsp3) is 0.529. The van der Waals surface area contributed by atoms with Gasteiger partial charge in [0, 0.05) is 6.04 Å². The van der Waals surface area contributed by atoms with Crippen LogP contribution < -0.4 is 10.0 Å². The lowest BCUT2D eigenvalue weighted by Crippen LogP contribution is -2.39. The Labute approximate surface area is 152 Å². The van der Waals surface area contributed by atoms with Gasteiger partial charge >= 0.3 is 5.97 Å². The van der Waals surface area contributed by atoms with E-state index in [1.807, 2.05) is 0 Å². The average Bonchev–Trinajstić information content (AvgIpc) is 2.62. The molecule has 0 unspecified atom stereocenters. The first-order valence-corrected chi connectivity index (χ1v) is 9.91. The number of carbonyl (C=O) groups excluding carboxylic acids is 2. The first-order chi connectivity index (χ1) is 12.2. The quantitative estimate of drug-likeness (QED) is 0.723. The van der Waals surface area contributed by atoms with Crippen molar-refractivity contribution < 1.29 is 27.1 Å². The molecule has 0 spiro atoms. The van der Waals surface area contributed by atoms with Gasteiger partial charge in [-0.05, 0) is 56.8 Å². The molecule has 1 aliphatic carbocycles. The van der Waals surface area contributed by atoms with Gasteiger partial charge in [-0.3, -0.25) is 4.79 Å². The van der Waals surface area contributed by atoms with E-state index in [9.17, 15) is 22.4 Å². The van der Waals surface area contributed by atoms with Crippen molar-refractivity contribution in [2.45, 2.75) is 43.5 Å². The second-order valence-corrected chi connectivity index (χ2v) is 8.34. The molecule has 0 bridgehead atoms. The monoisotopic (exact) mass is 386 g/mol. The zero-order valence-corrected chi connectivity index (χ0v) is 15.6. The largest absolute Gasteiger partial charge is 0.452 e. The second-order valence-electron chi connectivity index (χ2n) is 6.45. The van der Waals surface area contributed by atoms with Gasteiger partial charge in [0.2, 0.25) is 10.0 Å². The lowest BCUT2D eigenvalue weighted by atomic mass is 9.87. The Balaban J connectivity index is 1.95. The fourth-order valence-electron chi connectivity index (χ4n) is 2.83. The maximum absolute atomic E-state index is 13.8. The number of amides is 1. The standard InChI is InChI=1S/C17H23FN2O5S/c1-11-3-5-12(6-4-11)20-16(21)10-25-17(22)14-9-13(7-8-15(14)18)26(23,24)19-2/h7-9,11-12,19H,3-6,10H2,1-2H3,(H,20,21). The third-order valence-corrected chi connectivity index (χ3v) is 5.86. The molecule has 0 atom stereocenters. The molecule has 2 rings (SSSR count). The average molecular weight is 386 g/mol. The number of carbonyl (C=O) groups is 2. The zero-order valence-electron chi connectivity index (χ0n) is 14.7. The molecule has 1 saturated carbocycles. The van der Waals surface area contributed by atoms with Gasteiger partial charge in [0.15, 0.2) is 6.61 Å². The minimum absolute atomic E-state index is 0.0539. The molecule has 1 aromatic carbocycles. The number of sulfonamides is 1. The molecule has 144 valence electrons. The summed E-state index contributed by atoms with van der Waals surface area (Å²) in [6, 6.07) is 2.83. The van der Waals surface area contributed by atoms with Crippen molar-refractivity contribution in [1.82, 2.24) is 10.0 Å². The van der Waals surface area contributed by atoms with E-state index < -0.39 is 39.9 Å². The molecule has 0 aromatic heterocycles. The summed E-state index contributed by atoms with van der Waals surface area (Å²) in [5.41, 5.74) is -0.541. The molecule has 0 heterocycles. The summed E-state index contributed by atoms with van der Waals surface area (Å²) < 4.78 is 44.2. The number of esters is 1. The van der Waals surface area contributed by atoms with Crippen molar-refractivity contribution in [2.75, 3.05) is 13.7 Å². The number of hydrogen-bond acceptors (Lipinski definition) is 5. The predicted molar refractivity (Wildman–Crippen MR) is 92.5 cm³/mol. The van der Waals surface area contributed by atoms with Crippen LogP contribution >= 0.6 is 0 Å². The molecule has 1 amide bonds. The topological polar surface area (TPSA) is 102 Å². The van der Waals surface area contributed by atoms with Crippen molar-refractivity contribution in [3.05, 3.63) is 29.6 Å². The molecule has 0 aliphatic heterocycles. The SMILES string of the molecule is CNS(=O)(=O)c1ccc(F)c(C(=O)OCC(=O)NC2CCC(C)CC2)c1. The maximum atomic E-state index is 13.8. The Kier molecular flexibility index (Phi) is 6.71. The molecule has 7 nitrogen and oxygen atoms in total. The summed E-state index contributed by atoms with van der Waals surface area (Å²) in [4.78, 5) is 23.6. The summed E-state index contributed by atoms with van der Waals surface area (Å²) in [5.74, 6) is -1.84. The molecule has 1 aromatic rings. The molecule has 0 radical (unpaired) electrons. The minimum Gasteiger partial charge on any atom is -0.452 e. The summed E-state index contributed by atoms with van der Waals surface area (Å²) in [7, 11) is -2.63. The molecule has 1 fully saturated rings. The Bertz CT molecular complexity index is 773. The van der Waals surface area contributed by atoms with Gasteiger partial charge in [0.25, 0.3) is 5.91 Å². The third-order valence-electron chi connectivity index (χ3n) is 4.45. The number of benzene rings is 1. The summed E-state index contributed by atoms with van der Waals surface area (Å²) in [5, 5.41) is 2.79. The van der Waals surface area contributed by atoms with Crippen molar-refractivity contribution in [3.8, 4) is 0 Å². The fourth-order valence-corrected chi connectivity index (χ4v) is 3.58. The van der Waals surface area contributed by atoms with E-state index >= 15 is 0 Å². The number of ether oxygens (including phenoxy) is 1. The summed E-state index contributed by atoms with van der Waals surface area (Å²) in [6.45, 7) is 1.62. The van der Waals surface area contributed by atoms with Crippen LogP contribution in [-0.2, 0) is 19.6 Å². The van der Waals surface area contributed by atoms with E-state index in [2.05, 4.69) is 17.0 Å². The van der Waals surface area contributed by atoms with Gasteiger partial charge in [-0.25, -0.2) is 22.3 Å². The number of nitrogens with one attached hydrogen (secondary N) is 2. The van der Waals surface area contributed by atoms with Crippen molar-refractivity contribution >= 4 is 21.9 Å². The minimum atomic E-state index is -3.83. The molecular weight excluding hydrogens is 363 g/mol. The Morgan fingerprint density at radius 1 is 1.23 bits per heavy atom. The van der Waals surface area contributed by atoms with Gasteiger partial charge < -0.3 is 10.1 Å². The van der Waals surface area contributed by atoms with Crippen LogP contribution in [0.3, 0.4) is 0 Å². The number of rotatable bonds is 6. The van der Waals surface area contributed by atoms with Crippen LogP contribution in [0.5, 0.6) is 0 Å².